The lowest BCUT2D eigenvalue weighted by Crippen LogP contribution is -2.61. The molecule has 0 saturated carbocycles. The van der Waals surface area contributed by atoms with Crippen LogP contribution in [0.25, 0.3) is 5.65 Å². The highest BCUT2D eigenvalue weighted by atomic mass is 32.5. The van der Waals surface area contributed by atoms with E-state index < -0.39 is 88.5 Å². The third kappa shape index (κ3) is 6.69. The molecule has 0 amide bonds. The number of phosphoric ester groups is 1. The van der Waals surface area contributed by atoms with E-state index in [1.807, 2.05) is 0 Å². The van der Waals surface area contributed by atoms with Crippen LogP contribution in [0.3, 0.4) is 0 Å². The van der Waals surface area contributed by atoms with Crippen molar-refractivity contribution >= 4 is 37.8 Å². The van der Waals surface area contributed by atoms with Gasteiger partial charge in [-0.3, -0.25) is 4.52 Å². The third-order valence-corrected chi connectivity index (χ3v) is 10.4. The van der Waals surface area contributed by atoms with E-state index >= 15 is 0 Å². The van der Waals surface area contributed by atoms with Gasteiger partial charge in [-0.1, -0.05) is 6.08 Å². The summed E-state index contributed by atoms with van der Waals surface area (Å²) in [6.45, 7) is -2.64. The van der Waals surface area contributed by atoms with Crippen molar-refractivity contribution < 1.29 is 72.6 Å². The molecule has 0 aromatic carbocycles. The van der Waals surface area contributed by atoms with Gasteiger partial charge in [0.2, 0.25) is 0 Å². The summed E-state index contributed by atoms with van der Waals surface area (Å²) in [6, 6.07) is 0. The molecule has 0 bridgehead atoms. The Kier molecular flexibility index (Phi) is 10.4. The predicted octanol–water partition coefficient (Wildman–Crippen LogP) is -3.39. The number of rotatable bonds is 12. The molecule has 7 unspecified atom stereocenters. The van der Waals surface area contributed by atoms with Crippen LogP contribution >= 0.6 is 14.5 Å². The van der Waals surface area contributed by atoms with Gasteiger partial charge in [-0.2, -0.15) is 5.10 Å². The van der Waals surface area contributed by atoms with Crippen LogP contribution in [0.4, 0.5) is 5.82 Å². The minimum atomic E-state index is -5.46. The number of phosphoric acid groups is 1. The van der Waals surface area contributed by atoms with Gasteiger partial charge in [0, 0.05) is 7.11 Å². The highest BCUT2D eigenvalue weighted by Gasteiger charge is 2.57. The first kappa shape index (κ1) is 34.3. The van der Waals surface area contributed by atoms with Gasteiger partial charge in [0.1, 0.15) is 60.8 Å². The Labute approximate surface area is 247 Å². The highest BCUT2D eigenvalue weighted by molar-refractivity contribution is 8.08. The van der Waals surface area contributed by atoms with E-state index in [9.17, 15) is 39.9 Å². The number of aromatic nitrogens is 4. The van der Waals surface area contributed by atoms with Gasteiger partial charge in [0.25, 0.3) is 0 Å². The molecule has 2 aliphatic rings. The summed E-state index contributed by atoms with van der Waals surface area (Å²) in [5.74, 6) is 0.0620. The fourth-order valence-corrected chi connectivity index (χ4v) is 7.76. The largest absolute Gasteiger partial charge is 0.481 e. The summed E-state index contributed by atoms with van der Waals surface area (Å²) >= 11 is 4.80. The van der Waals surface area contributed by atoms with E-state index in [0.717, 1.165) is 0 Å². The van der Waals surface area contributed by atoms with Gasteiger partial charge < -0.3 is 64.9 Å². The van der Waals surface area contributed by atoms with Crippen LogP contribution in [0, 0.1) is 0 Å². The SMILES string of the molecule is C=C[C@@]1(OC)[C@H](O)[C@@H](COP(O)(=S)OP(=O)(O)OC2OC([C@@H](O)CO)C(O)C(O)C2O)O[C@H]1c1cnc2c(N)ncnn12. The van der Waals surface area contributed by atoms with Crippen LogP contribution in [0.15, 0.2) is 25.2 Å². The fraction of sp³-hybridized carbons (Fsp3) is 0.650. The Bertz CT molecular complexity index is 1410. The fourth-order valence-electron chi connectivity index (χ4n) is 4.66. The van der Waals surface area contributed by atoms with E-state index in [1.165, 1.54) is 30.2 Å². The first-order chi connectivity index (χ1) is 20.1. The van der Waals surface area contributed by atoms with Crippen LogP contribution in [-0.4, -0.2) is 135 Å². The monoisotopic (exact) mass is 675 g/mol. The minimum Gasteiger partial charge on any atom is -0.394 e. The summed E-state index contributed by atoms with van der Waals surface area (Å²) in [5, 5.41) is 64.2. The molecule has 0 radical (unpaired) electrons. The van der Waals surface area contributed by atoms with E-state index in [4.69, 9.17) is 41.4 Å². The zero-order valence-electron chi connectivity index (χ0n) is 22.2. The van der Waals surface area contributed by atoms with Gasteiger partial charge >= 0.3 is 14.5 Å². The number of hydrogen-bond acceptors (Lipinski definition) is 18. The molecule has 20 nitrogen and oxygen atoms in total. The Morgan fingerprint density at radius 1 is 1.23 bits per heavy atom. The summed E-state index contributed by atoms with van der Waals surface area (Å²) < 4.78 is 44.9. The molecule has 23 heteroatoms. The zero-order valence-corrected chi connectivity index (χ0v) is 24.8. The van der Waals surface area contributed by atoms with Crippen molar-refractivity contribution in [3.05, 3.63) is 30.9 Å². The number of methoxy groups -OCH3 is 1. The minimum absolute atomic E-state index is 0.0620. The maximum Gasteiger partial charge on any atom is 0.481 e. The molecule has 4 heterocycles. The second-order valence-electron chi connectivity index (χ2n) is 9.44. The molecule has 2 aromatic rings. The summed E-state index contributed by atoms with van der Waals surface area (Å²) in [4.78, 5) is 28.7. The number of fused-ring (bicyclic) bond motifs is 1. The first-order valence-corrected chi connectivity index (χ1v) is 16.3. The van der Waals surface area contributed by atoms with Crippen LogP contribution < -0.4 is 5.73 Å². The third-order valence-electron chi connectivity index (χ3n) is 6.85. The maximum absolute atomic E-state index is 12.6. The number of anilines is 1. The van der Waals surface area contributed by atoms with Crippen molar-refractivity contribution in [2.45, 2.75) is 60.7 Å². The molecule has 2 saturated heterocycles. The predicted molar refractivity (Wildman–Crippen MR) is 143 cm³/mol. The average Bonchev–Trinajstić information content (AvgIpc) is 3.50. The lowest BCUT2D eigenvalue weighted by Gasteiger charge is -2.41. The number of nitrogen functional groups attached to an aromatic ring is 1. The standard InChI is InChI=1S/C20H31N5O15P2S/c1-3-20(35-2)15(31)10(37-16(20)8-4-22-18-17(21)23-7-24-25(8)18)6-36-42(34,43)40-41(32,33)39-19-13(30)11(28)12(29)14(38-19)9(27)5-26/h3-4,7,9-16,19,26-31H,1,5-6H2,2H3,(H,32,33)(H,34,43)(H2,21,23,24)/t9-,10+,11?,12?,13?,14?,15+,16-,19?,20+,42?/m0/s1. The van der Waals surface area contributed by atoms with Crippen LogP contribution in [-0.2, 0) is 43.9 Å². The number of ether oxygens (including phenoxy) is 3. The summed E-state index contributed by atoms with van der Waals surface area (Å²) in [6.07, 6.45) is -12.0. The highest BCUT2D eigenvalue weighted by Crippen LogP contribution is 2.62. The van der Waals surface area contributed by atoms with Crippen LogP contribution in [0.1, 0.15) is 11.8 Å². The van der Waals surface area contributed by atoms with Gasteiger partial charge in [-0.15, -0.1) is 6.58 Å². The molecular weight excluding hydrogens is 644 g/mol. The van der Waals surface area contributed by atoms with E-state index in [2.05, 4.69) is 30.5 Å². The van der Waals surface area contributed by atoms with Crippen molar-refractivity contribution in [1.82, 2.24) is 19.6 Å². The normalized spacial score (nSPS) is 36.7. The molecule has 0 aliphatic carbocycles. The summed E-state index contributed by atoms with van der Waals surface area (Å²) in [5.41, 5.74) is 4.68. The molecule has 12 atom stereocenters. The van der Waals surface area contributed by atoms with E-state index in [-0.39, 0.29) is 17.2 Å². The Morgan fingerprint density at radius 3 is 2.56 bits per heavy atom. The van der Waals surface area contributed by atoms with Crippen molar-refractivity contribution in [3.8, 4) is 0 Å². The lowest BCUT2D eigenvalue weighted by atomic mass is 9.89. The second-order valence-corrected chi connectivity index (χ2v) is 13.8. The molecule has 0 spiro atoms. The number of aliphatic hydroxyl groups excluding tert-OH is 6. The smallest absolute Gasteiger partial charge is 0.394 e. The van der Waals surface area contributed by atoms with Gasteiger partial charge in [0.05, 0.1) is 25.1 Å². The maximum atomic E-state index is 12.6. The molecular formula is C20H31N5O15P2S. The Morgan fingerprint density at radius 2 is 1.93 bits per heavy atom. The topological polar surface area (TPSA) is 303 Å². The van der Waals surface area contributed by atoms with Gasteiger partial charge in [0.15, 0.2) is 17.8 Å². The van der Waals surface area contributed by atoms with E-state index in [0.29, 0.717) is 0 Å². The van der Waals surface area contributed by atoms with Gasteiger partial charge in [-0.25, -0.2) is 23.4 Å². The van der Waals surface area contributed by atoms with Crippen LogP contribution in [0.5, 0.6) is 0 Å². The molecule has 2 aromatic heterocycles. The van der Waals surface area contributed by atoms with Crippen molar-refractivity contribution in [3.63, 3.8) is 0 Å². The Hall–Kier alpha value is -1.59. The van der Waals surface area contributed by atoms with Gasteiger partial charge in [-0.05, 0) is 11.8 Å². The van der Waals surface area contributed by atoms with Crippen molar-refractivity contribution in [2.75, 3.05) is 26.1 Å². The second kappa shape index (κ2) is 13.0. The quantitative estimate of drug-likeness (QED) is 0.0782. The number of nitrogens with two attached hydrogens (primary N) is 1. The van der Waals surface area contributed by atoms with E-state index in [1.54, 1.807) is 0 Å². The average molecular weight is 676 g/mol. The van der Waals surface area contributed by atoms with Crippen molar-refractivity contribution in [1.29, 1.82) is 0 Å². The molecule has 2 aliphatic heterocycles. The number of imidazole rings is 1. The van der Waals surface area contributed by atoms with Crippen LogP contribution in [0.2, 0.25) is 0 Å². The molecule has 10 N–H and O–H groups in total. The summed E-state index contributed by atoms with van der Waals surface area (Å²) in [7, 11) is -4.19. The zero-order chi connectivity index (χ0) is 31.9. The Balaban J connectivity index is 1.46. The molecule has 2 fully saturated rings. The molecule has 4 rings (SSSR count). The number of nitrogens with zero attached hydrogens (tertiary/aromatic N) is 4. The number of hydrogen-bond donors (Lipinski definition) is 9. The number of aliphatic hydroxyl groups is 6. The molecule has 242 valence electrons. The lowest BCUT2D eigenvalue weighted by molar-refractivity contribution is -0.292. The van der Waals surface area contributed by atoms with Crippen molar-refractivity contribution in [2.24, 2.45) is 0 Å². The first-order valence-electron chi connectivity index (χ1n) is 12.3. The molecule has 43 heavy (non-hydrogen) atoms.